The van der Waals surface area contributed by atoms with Gasteiger partial charge in [0.2, 0.25) is 0 Å². The van der Waals surface area contributed by atoms with Crippen LogP contribution in [-0.2, 0) is 9.59 Å². The molecule has 0 aliphatic heterocycles. The molecule has 1 unspecified atom stereocenters. The smallest absolute Gasteiger partial charge is 0.303 e. The van der Waals surface area contributed by atoms with Crippen LogP contribution < -0.4 is 14.8 Å². The van der Waals surface area contributed by atoms with Crippen LogP contribution in [0.5, 0.6) is 11.5 Å². The number of benzene rings is 2. The fraction of sp³-hybridized carbons (Fsp3) is 0.273. The number of aromatic nitrogens is 3. The summed E-state index contributed by atoms with van der Waals surface area (Å²) in [6.45, 7) is 1.65. The lowest BCUT2D eigenvalue weighted by Gasteiger charge is -2.22. The Kier molecular flexibility index (Phi) is 7.67. The summed E-state index contributed by atoms with van der Waals surface area (Å²) in [5.74, 6) is -0.0590. The highest BCUT2D eigenvalue weighted by Crippen LogP contribution is 2.33. The zero-order chi connectivity index (χ0) is 23.1. The second kappa shape index (κ2) is 10.6. The molecule has 0 radical (unpaired) electrons. The Balaban J connectivity index is 1.90. The van der Waals surface area contributed by atoms with E-state index < -0.39 is 12.0 Å². The topological polar surface area (TPSA) is 116 Å². The molecule has 3 aromatic rings. The summed E-state index contributed by atoms with van der Waals surface area (Å²) in [5.41, 5.74) is 1.91. The van der Waals surface area contributed by atoms with Gasteiger partial charge in [0.05, 0.1) is 19.4 Å². The van der Waals surface area contributed by atoms with Crippen molar-refractivity contribution < 1.29 is 24.2 Å². The van der Waals surface area contributed by atoms with Crippen LogP contribution in [0.1, 0.15) is 31.4 Å². The quantitative estimate of drug-likeness (QED) is 0.415. The number of rotatable bonds is 11. The van der Waals surface area contributed by atoms with E-state index in [-0.39, 0.29) is 18.8 Å². The molecule has 9 nitrogen and oxygen atoms in total. The lowest BCUT2D eigenvalue weighted by Crippen LogP contribution is -2.20. The third-order valence-corrected chi connectivity index (χ3v) is 4.84. The fourth-order valence-electron chi connectivity index (χ4n) is 3.10. The highest BCUT2D eigenvalue weighted by molar-refractivity contribution is 6.30. The van der Waals surface area contributed by atoms with Crippen molar-refractivity contribution in [3.63, 3.8) is 0 Å². The Hall–Kier alpha value is -3.59. The highest BCUT2D eigenvalue weighted by Gasteiger charge is 2.22. The number of Topliss-reactive ketones (excluding diaryl/α,β-unsaturated/α-hetero) is 1. The van der Waals surface area contributed by atoms with Crippen molar-refractivity contribution in [1.29, 1.82) is 0 Å². The first kappa shape index (κ1) is 23.1. The summed E-state index contributed by atoms with van der Waals surface area (Å²) in [7, 11) is 1.55. The Bertz CT molecular complexity index is 1090. The summed E-state index contributed by atoms with van der Waals surface area (Å²) in [6, 6.07) is 9.63. The van der Waals surface area contributed by atoms with E-state index in [2.05, 4.69) is 15.4 Å². The highest BCUT2D eigenvalue weighted by atomic mass is 35.5. The van der Waals surface area contributed by atoms with Gasteiger partial charge in [0.1, 0.15) is 30.2 Å². The first-order valence-corrected chi connectivity index (χ1v) is 10.2. The monoisotopic (exact) mass is 458 g/mol. The van der Waals surface area contributed by atoms with Crippen LogP contribution in [0.2, 0.25) is 5.02 Å². The van der Waals surface area contributed by atoms with Crippen molar-refractivity contribution in [3.8, 4) is 17.2 Å². The Labute approximate surface area is 189 Å². The predicted octanol–water partition coefficient (Wildman–Crippen LogP) is 3.92. The molecule has 0 bridgehead atoms. The number of carboxylic acids is 1. The van der Waals surface area contributed by atoms with Crippen LogP contribution >= 0.6 is 11.6 Å². The van der Waals surface area contributed by atoms with Crippen molar-refractivity contribution in [2.24, 2.45) is 0 Å². The van der Waals surface area contributed by atoms with Crippen LogP contribution in [0.4, 0.5) is 5.69 Å². The van der Waals surface area contributed by atoms with E-state index in [4.69, 9.17) is 26.2 Å². The van der Waals surface area contributed by atoms with Gasteiger partial charge in [-0.25, -0.2) is 9.67 Å². The van der Waals surface area contributed by atoms with E-state index >= 15 is 0 Å². The normalized spacial score (nSPS) is 11.6. The summed E-state index contributed by atoms with van der Waals surface area (Å²) < 4.78 is 12.7. The number of carbonyl (C=O) groups is 2. The second-order valence-corrected chi connectivity index (χ2v) is 7.41. The van der Waals surface area contributed by atoms with Crippen LogP contribution in [0.15, 0.2) is 49.1 Å². The number of halogens is 1. The molecule has 32 heavy (non-hydrogen) atoms. The molecule has 3 rings (SSSR count). The minimum absolute atomic E-state index is 0.0147. The average Bonchev–Trinajstić information content (AvgIpc) is 3.30. The van der Waals surface area contributed by atoms with Gasteiger partial charge in [0, 0.05) is 34.8 Å². The zero-order valence-electron chi connectivity index (χ0n) is 17.6. The van der Waals surface area contributed by atoms with Crippen molar-refractivity contribution in [2.45, 2.75) is 25.8 Å². The van der Waals surface area contributed by atoms with Gasteiger partial charge in [-0.15, -0.1) is 0 Å². The number of carbonyl (C=O) groups excluding carboxylic acids is 1. The molecule has 0 fully saturated rings. The molecule has 0 aliphatic carbocycles. The maximum absolute atomic E-state index is 12.6. The fourth-order valence-corrected chi connectivity index (χ4v) is 3.26. The number of ketones is 1. The Morgan fingerprint density at radius 1 is 1.25 bits per heavy atom. The van der Waals surface area contributed by atoms with Gasteiger partial charge in [0.15, 0.2) is 5.78 Å². The molecule has 0 saturated heterocycles. The number of carboxylic acid groups (broad SMARTS) is 1. The summed E-state index contributed by atoms with van der Waals surface area (Å²) in [4.78, 5) is 27.3. The van der Waals surface area contributed by atoms with Gasteiger partial charge in [-0.1, -0.05) is 17.7 Å². The van der Waals surface area contributed by atoms with Gasteiger partial charge >= 0.3 is 5.97 Å². The largest absolute Gasteiger partial charge is 0.497 e. The predicted molar refractivity (Wildman–Crippen MR) is 119 cm³/mol. The van der Waals surface area contributed by atoms with E-state index in [1.165, 1.54) is 13.3 Å². The van der Waals surface area contributed by atoms with Gasteiger partial charge in [-0.3, -0.25) is 9.59 Å². The summed E-state index contributed by atoms with van der Waals surface area (Å²) in [6.07, 6.45) is 3.30. The van der Waals surface area contributed by atoms with E-state index in [0.29, 0.717) is 39.9 Å². The van der Waals surface area contributed by atoms with Gasteiger partial charge in [-0.2, -0.15) is 5.10 Å². The number of anilines is 1. The SMILES string of the molecule is COc1cc(NC(C(C)=O)c2ccc(Cl)cc2OCCCC(=O)O)cc(-n2cncn2)c1. The molecular weight excluding hydrogens is 436 g/mol. The number of hydrogen-bond acceptors (Lipinski definition) is 7. The molecule has 0 spiro atoms. The minimum atomic E-state index is -0.899. The van der Waals surface area contributed by atoms with Crippen molar-refractivity contribution in [1.82, 2.24) is 14.8 Å². The summed E-state index contributed by atoms with van der Waals surface area (Å²) in [5, 5.41) is 16.6. The molecule has 0 amide bonds. The van der Waals surface area contributed by atoms with E-state index in [0.717, 1.165) is 0 Å². The molecule has 2 aromatic carbocycles. The van der Waals surface area contributed by atoms with Gasteiger partial charge < -0.3 is 19.9 Å². The van der Waals surface area contributed by atoms with Crippen molar-refractivity contribution >= 4 is 29.0 Å². The zero-order valence-corrected chi connectivity index (χ0v) is 18.4. The lowest BCUT2D eigenvalue weighted by atomic mass is 10.0. The van der Waals surface area contributed by atoms with Crippen molar-refractivity contribution in [3.05, 3.63) is 59.6 Å². The number of aliphatic carboxylic acids is 1. The van der Waals surface area contributed by atoms with Crippen molar-refractivity contribution in [2.75, 3.05) is 19.0 Å². The molecule has 0 saturated carbocycles. The molecule has 0 aliphatic rings. The Morgan fingerprint density at radius 2 is 2.06 bits per heavy atom. The maximum Gasteiger partial charge on any atom is 0.303 e. The number of nitrogens with zero attached hydrogens (tertiary/aromatic N) is 3. The van der Waals surface area contributed by atoms with Crippen LogP contribution in [0.25, 0.3) is 5.69 Å². The van der Waals surface area contributed by atoms with Crippen LogP contribution in [0, 0.1) is 0 Å². The van der Waals surface area contributed by atoms with Crippen LogP contribution in [0.3, 0.4) is 0 Å². The number of nitrogens with one attached hydrogen (secondary N) is 1. The number of ether oxygens (including phenoxy) is 2. The van der Waals surface area contributed by atoms with Gasteiger partial charge in [-0.05, 0) is 31.5 Å². The molecule has 1 heterocycles. The van der Waals surface area contributed by atoms with E-state index in [1.54, 1.807) is 48.5 Å². The minimum Gasteiger partial charge on any atom is -0.497 e. The third-order valence-electron chi connectivity index (χ3n) is 4.61. The molecule has 10 heteroatoms. The van der Waals surface area contributed by atoms with E-state index in [1.807, 2.05) is 6.07 Å². The van der Waals surface area contributed by atoms with E-state index in [9.17, 15) is 9.59 Å². The van der Waals surface area contributed by atoms with Gasteiger partial charge in [0.25, 0.3) is 0 Å². The first-order chi connectivity index (χ1) is 15.4. The first-order valence-electron chi connectivity index (χ1n) is 9.82. The molecule has 168 valence electrons. The average molecular weight is 459 g/mol. The third kappa shape index (κ3) is 5.98. The van der Waals surface area contributed by atoms with Crippen LogP contribution in [-0.4, -0.2) is 45.3 Å². The maximum atomic E-state index is 12.6. The summed E-state index contributed by atoms with van der Waals surface area (Å²) >= 11 is 6.13. The molecule has 1 atom stereocenters. The molecule has 2 N–H and O–H groups in total. The number of hydrogen-bond donors (Lipinski definition) is 2. The number of methoxy groups -OCH3 is 1. The standard InChI is InChI=1S/C22H23ClN4O5/c1-14(28)22(19-6-5-15(23)8-20(19)32-7-3-4-21(29)30)26-16-9-17(11-18(10-16)31-2)27-13-24-12-25-27/h5-6,8-13,22,26H,3-4,7H2,1-2H3,(H,29,30). The lowest BCUT2D eigenvalue weighted by molar-refractivity contribution is -0.137. The Morgan fingerprint density at radius 3 is 2.72 bits per heavy atom. The second-order valence-electron chi connectivity index (χ2n) is 6.98. The molecular formula is C22H23ClN4O5. The molecule has 1 aromatic heterocycles.